The molecule has 0 aliphatic rings. The summed E-state index contributed by atoms with van der Waals surface area (Å²) >= 11 is 11.7. The van der Waals surface area contributed by atoms with E-state index in [1.165, 1.54) is 5.56 Å². The largest absolute Gasteiger partial charge is 0.326 e. The van der Waals surface area contributed by atoms with E-state index in [9.17, 15) is 4.79 Å². The van der Waals surface area contributed by atoms with Crippen LogP contribution < -0.4 is 10.6 Å². The molecule has 116 valence electrons. The van der Waals surface area contributed by atoms with Gasteiger partial charge in [0.1, 0.15) is 0 Å². The molecule has 5 heteroatoms. The molecule has 1 amide bonds. The Kier molecular flexibility index (Phi) is 6.72. The molecule has 0 saturated carbocycles. The Hall–Kier alpha value is -1.55. The maximum Gasteiger partial charge on any atom is 0.225 e. The third-order valence-electron chi connectivity index (χ3n) is 3.17. The van der Waals surface area contributed by atoms with Crippen LogP contribution in [0.1, 0.15) is 12.0 Å². The lowest BCUT2D eigenvalue weighted by Crippen LogP contribution is -2.23. The summed E-state index contributed by atoms with van der Waals surface area (Å²) in [6.45, 7) is 1.49. The molecule has 0 spiro atoms. The van der Waals surface area contributed by atoms with E-state index >= 15 is 0 Å². The summed E-state index contributed by atoms with van der Waals surface area (Å²) in [6.07, 6.45) is 1.37. The van der Waals surface area contributed by atoms with Crippen molar-refractivity contribution in [3.05, 3.63) is 64.1 Å². The lowest BCUT2D eigenvalue weighted by atomic mass is 10.1. The number of benzene rings is 2. The molecule has 0 heterocycles. The van der Waals surface area contributed by atoms with Crippen LogP contribution in [0.3, 0.4) is 0 Å². The summed E-state index contributed by atoms with van der Waals surface area (Å²) in [7, 11) is 0. The molecule has 0 aliphatic heterocycles. The highest BCUT2D eigenvalue weighted by Gasteiger charge is 2.04. The first-order valence-electron chi connectivity index (χ1n) is 7.15. The number of carbonyl (C=O) groups excluding carboxylic acids is 1. The zero-order chi connectivity index (χ0) is 15.8. The molecule has 2 N–H and O–H groups in total. The molecule has 2 aromatic carbocycles. The molecule has 2 aromatic rings. The van der Waals surface area contributed by atoms with Crippen molar-refractivity contribution in [3.63, 3.8) is 0 Å². The maximum absolute atomic E-state index is 11.8. The van der Waals surface area contributed by atoms with Crippen LogP contribution >= 0.6 is 23.2 Å². The number of carbonyl (C=O) groups is 1. The minimum absolute atomic E-state index is 0.0504. The Morgan fingerprint density at radius 1 is 0.955 bits per heavy atom. The molecule has 0 aromatic heterocycles. The molecule has 3 nitrogen and oxygen atoms in total. The SMILES string of the molecule is O=C(CCNCCc1ccccc1)Nc1ccc(Cl)c(Cl)c1. The van der Waals surface area contributed by atoms with Crippen LogP contribution in [0.25, 0.3) is 0 Å². The first kappa shape index (κ1) is 16.8. The second-order valence-electron chi connectivity index (χ2n) is 4.91. The molecule has 0 saturated heterocycles. The van der Waals surface area contributed by atoms with E-state index in [0.29, 0.717) is 28.7 Å². The lowest BCUT2D eigenvalue weighted by molar-refractivity contribution is -0.116. The molecule has 0 fully saturated rings. The molecule has 0 bridgehead atoms. The zero-order valence-corrected chi connectivity index (χ0v) is 13.6. The van der Waals surface area contributed by atoms with Crippen molar-refractivity contribution in [1.29, 1.82) is 0 Å². The lowest BCUT2D eigenvalue weighted by Gasteiger charge is -2.07. The first-order chi connectivity index (χ1) is 10.6. The van der Waals surface area contributed by atoms with Gasteiger partial charge in [0.15, 0.2) is 0 Å². The van der Waals surface area contributed by atoms with Crippen LogP contribution in [-0.2, 0) is 11.2 Å². The first-order valence-corrected chi connectivity index (χ1v) is 7.90. The number of halogens is 2. The van der Waals surface area contributed by atoms with E-state index in [2.05, 4.69) is 22.8 Å². The molecule has 2 rings (SSSR count). The third-order valence-corrected chi connectivity index (χ3v) is 3.90. The molecule has 22 heavy (non-hydrogen) atoms. The number of nitrogens with one attached hydrogen (secondary N) is 2. The second-order valence-corrected chi connectivity index (χ2v) is 5.73. The molecule has 0 radical (unpaired) electrons. The predicted octanol–water partition coefficient (Wildman–Crippen LogP) is 4.15. The topological polar surface area (TPSA) is 41.1 Å². The van der Waals surface area contributed by atoms with Gasteiger partial charge in [0, 0.05) is 18.7 Å². The van der Waals surface area contributed by atoms with Gasteiger partial charge in [-0.25, -0.2) is 0 Å². The number of rotatable bonds is 7. The van der Waals surface area contributed by atoms with Crippen molar-refractivity contribution in [2.24, 2.45) is 0 Å². The fourth-order valence-electron chi connectivity index (χ4n) is 2.00. The van der Waals surface area contributed by atoms with Gasteiger partial charge in [0.25, 0.3) is 0 Å². The quantitative estimate of drug-likeness (QED) is 0.745. The van der Waals surface area contributed by atoms with Crippen LogP contribution in [-0.4, -0.2) is 19.0 Å². The summed E-state index contributed by atoms with van der Waals surface area (Å²) in [4.78, 5) is 11.8. The second kappa shape index (κ2) is 8.79. The van der Waals surface area contributed by atoms with E-state index in [-0.39, 0.29) is 5.91 Å². The van der Waals surface area contributed by atoms with Gasteiger partial charge in [-0.05, 0) is 36.7 Å². The van der Waals surface area contributed by atoms with Crippen LogP contribution in [0.5, 0.6) is 0 Å². The van der Waals surface area contributed by atoms with Gasteiger partial charge in [0.05, 0.1) is 10.0 Å². The van der Waals surface area contributed by atoms with Crippen molar-refractivity contribution >= 4 is 34.8 Å². The van der Waals surface area contributed by atoms with Gasteiger partial charge in [-0.15, -0.1) is 0 Å². The average molecular weight is 337 g/mol. The summed E-state index contributed by atoms with van der Waals surface area (Å²) in [5.41, 5.74) is 1.94. The zero-order valence-electron chi connectivity index (χ0n) is 12.1. The van der Waals surface area contributed by atoms with Crippen molar-refractivity contribution in [2.45, 2.75) is 12.8 Å². The summed E-state index contributed by atoms with van der Waals surface area (Å²) in [5, 5.41) is 6.96. The van der Waals surface area contributed by atoms with E-state index in [4.69, 9.17) is 23.2 Å². The summed E-state index contributed by atoms with van der Waals surface area (Å²) in [5.74, 6) is -0.0504. The van der Waals surface area contributed by atoms with Crippen LogP contribution in [0.4, 0.5) is 5.69 Å². The van der Waals surface area contributed by atoms with Gasteiger partial charge in [0.2, 0.25) is 5.91 Å². The standard InChI is InChI=1S/C17H18Cl2N2O/c18-15-7-6-14(12-16(15)19)21-17(22)9-11-20-10-8-13-4-2-1-3-5-13/h1-7,12,20H,8-11H2,(H,21,22). The molecule has 0 unspecified atom stereocenters. The van der Waals surface area contributed by atoms with Crippen molar-refractivity contribution in [3.8, 4) is 0 Å². The van der Waals surface area contributed by atoms with Crippen LogP contribution in [0.2, 0.25) is 10.0 Å². The predicted molar refractivity (Wildman–Crippen MR) is 92.7 cm³/mol. The Morgan fingerprint density at radius 3 is 2.45 bits per heavy atom. The number of hydrogen-bond acceptors (Lipinski definition) is 2. The highest BCUT2D eigenvalue weighted by atomic mass is 35.5. The van der Waals surface area contributed by atoms with Crippen LogP contribution in [0.15, 0.2) is 48.5 Å². The highest BCUT2D eigenvalue weighted by Crippen LogP contribution is 2.24. The van der Waals surface area contributed by atoms with Crippen LogP contribution in [0, 0.1) is 0 Å². The van der Waals surface area contributed by atoms with E-state index < -0.39 is 0 Å². The van der Waals surface area contributed by atoms with E-state index in [1.807, 2.05) is 18.2 Å². The maximum atomic E-state index is 11.8. The monoisotopic (exact) mass is 336 g/mol. The Labute approximate surface area is 140 Å². The Bertz CT molecular complexity index is 617. The number of hydrogen-bond donors (Lipinski definition) is 2. The van der Waals surface area contributed by atoms with Gasteiger partial charge >= 0.3 is 0 Å². The van der Waals surface area contributed by atoms with Gasteiger partial charge in [-0.2, -0.15) is 0 Å². The smallest absolute Gasteiger partial charge is 0.225 e. The van der Waals surface area contributed by atoms with Gasteiger partial charge < -0.3 is 10.6 Å². The van der Waals surface area contributed by atoms with E-state index in [0.717, 1.165) is 13.0 Å². The number of amides is 1. The number of anilines is 1. The summed E-state index contributed by atoms with van der Waals surface area (Å²) in [6, 6.07) is 15.3. The molecular formula is C17H18Cl2N2O. The average Bonchev–Trinajstić information content (AvgIpc) is 2.52. The van der Waals surface area contributed by atoms with E-state index in [1.54, 1.807) is 18.2 Å². The molecular weight excluding hydrogens is 319 g/mol. The van der Waals surface area contributed by atoms with Gasteiger partial charge in [-0.1, -0.05) is 53.5 Å². The Balaban J connectivity index is 1.64. The van der Waals surface area contributed by atoms with Crippen molar-refractivity contribution < 1.29 is 4.79 Å². The van der Waals surface area contributed by atoms with Gasteiger partial charge in [-0.3, -0.25) is 4.79 Å². The Morgan fingerprint density at radius 2 is 1.73 bits per heavy atom. The highest BCUT2D eigenvalue weighted by molar-refractivity contribution is 6.42. The minimum atomic E-state index is -0.0504. The minimum Gasteiger partial charge on any atom is -0.326 e. The third kappa shape index (κ3) is 5.68. The van der Waals surface area contributed by atoms with Crippen molar-refractivity contribution in [1.82, 2.24) is 5.32 Å². The normalized spacial score (nSPS) is 10.5. The molecule has 0 aliphatic carbocycles. The summed E-state index contributed by atoms with van der Waals surface area (Å²) < 4.78 is 0. The fourth-order valence-corrected chi connectivity index (χ4v) is 2.30. The fraction of sp³-hybridized carbons (Fsp3) is 0.235. The molecule has 0 atom stereocenters. The van der Waals surface area contributed by atoms with Crippen molar-refractivity contribution in [2.75, 3.05) is 18.4 Å².